The first-order valence-corrected chi connectivity index (χ1v) is 10.2. The van der Waals surface area contributed by atoms with Crippen LogP contribution in [0.25, 0.3) is 6.08 Å². The van der Waals surface area contributed by atoms with Gasteiger partial charge < -0.3 is 14.8 Å². The summed E-state index contributed by atoms with van der Waals surface area (Å²) in [6, 6.07) is 5.61. The highest BCUT2D eigenvalue weighted by Gasteiger charge is 2.38. The fraction of sp³-hybridized carbons (Fsp3) is 0.304. The highest BCUT2D eigenvalue weighted by Crippen LogP contribution is 2.38. The maximum absolute atomic E-state index is 13.4. The molecule has 0 radical (unpaired) electrons. The first-order valence-electron chi connectivity index (χ1n) is 10.2. The Balaban J connectivity index is 1.86. The molecule has 0 bridgehead atoms. The van der Waals surface area contributed by atoms with Crippen molar-refractivity contribution in [1.82, 2.24) is 10.2 Å². The number of amides is 2. The molecule has 2 aromatic carbocycles. The number of carbonyl (C=O) groups excluding carboxylic acids is 1. The van der Waals surface area contributed by atoms with Crippen LogP contribution < -0.4 is 14.8 Å². The first-order chi connectivity index (χ1) is 16.4. The molecule has 0 unspecified atom stereocenters. The van der Waals surface area contributed by atoms with Gasteiger partial charge in [0.1, 0.15) is 6.61 Å². The van der Waals surface area contributed by atoms with E-state index in [1.165, 1.54) is 24.1 Å². The molecule has 0 spiro atoms. The third-order valence-electron chi connectivity index (χ3n) is 5.14. The lowest BCUT2D eigenvalue weighted by Crippen LogP contribution is -2.30. The van der Waals surface area contributed by atoms with E-state index in [0.29, 0.717) is 29.7 Å². The van der Waals surface area contributed by atoms with E-state index in [-0.39, 0.29) is 23.6 Å². The second kappa shape index (κ2) is 9.88. The van der Waals surface area contributed by atoms with Crippen LogP contribution in [0.1, 0.15) is 29.2 Å². The van der Waals surface area contributed by atoms with E-state index in [1.54, 1.807) is 26.1 Å². The van der Waals surface area contributed by atoms with Crippen molar-refractivity contribution in [2.75, 3.05) is 20.7 Å². The average molecular weight is 501 g/mol. The van der Waals surface area contributed by atoms with Gasteiger partial charge in [-0.3, -0.25) is 9.89 Å². The Labute approximate surface area is 196 Å². The largest absolute Gasteiger partial charge is 0.493 e. The number of ether oxygens (including phenoxy) is 2. The molecular weight excluding hydrogens is 480 g/mol. The van der Waals surface area contributed by atoms with Gasteiger partial charge in [0.2, 0.25) is 0 Å². The zero-order chi connectivity index (χ0) is 26.0. The molecule has 3 rings (SSSR count). The number of likely N-dealkylation sites (N-methyl/N-ethyl adjacent to an activating group) is 1. The van der Waals surface area contributed by atoms with Gasteiger partial charge in [0, 0.05) is 19.2 Å². The van der Waals surface area contributed by atoms with Crippen molar-refractivity contribution in [1.29, 1.82) is 0 Å². The number of carbonyl (C=O) groups is 1. The zero-order valence-corrected chi connectivity index (χ0v) is 18.8. The van der Waals surface area contributed by atoms with Crippen molar-refractivity contribution >= 4 is 17.9 Å². The molecule has 12 heteroatoms. The monoisotopic (exact) mass is 501 g/mol. The maximum Gasteiger partial charge on any atom is 0.416 e. The van der Waals surface area contributed by atoms with Crippen LogP contribution in [0.15, 0.2) is 47.1 Å². The molecule has 0 aliphatic carbocycles. The topological polar surface area (TPSA) is 63.2 Å². The molecule has 6 nitrogen and oxygen atoms in total. The van der Waals surface area contributed by atoms with Crippen LogP contribution in [0, 0.1) is 0 Å². The summed E-state index contributed by atoms with van der Waals surface area (Å²) in [5.74, 6) is 0.697. The van der Waals surface area contributed by atoms with E-state index in [1.807, 2.05) is 0 Å². The van der Waals surface area contributed by atoms with Gasteiger partial charge in [0.05, 0.1) is 23.9 Å². The Morgan fingerprint density at radius 3 is 2.31 bits per heavy atom. The Morgan fingerprint density at radius 2 is 1.74 bits per heavy atom. The molecule has 0 saturated carbocycles. The summed E-state index contributed by atoms with van der Waals surface area (Å²) in [6.45, 7) is 1.57. The van der Waals surface area contributed by atoms with Gasteiger partial charge >= 0.3 is 18.4 Å². The van der Waals surface area contributed by atoms with E-state index in [9.17, 15) is 31.1 Å². The fourth-order valence-corrected chi connectivity index (χ4v) is 3.47. The first kappa shape index (κ1) is 25.9. The van der Waals surface area contributed by atoms with Gasteiger partial charge in [-0.2, -0.15) is 26.3 Å². The van der Waals surface area contributed by atoms with E-state index >= 15 is 0 Å². The Morgan fingerprint density at radius 1 is 1.03 bits per heavy atom. The molecule has 1 aliphatic heterocycles. The van der Waals surface area contributed by atoms with Crippen LogP contribution in [0.4, 0.5) is 31.1 Å². The number of amidine groups is 1. The van der Waals surface area contributed by atoms with Crippen molar-refractivity contribution in [3.8, 4) is 11.5 Å². The normalized spacial score (nSPS) is 16.7. The molecule has 2 amide bonds. The summed E-state index contributed by atoms with van der Waals surface area (Å²) in [5, 5.41) is 2.70. The number of aliphatic imine (C=N–C) groups is 1. The summed E-state index contributed by atoms with van der Waals surface area (Å²) in [5.41, 5.74) is -2.27. The number of halogens is 6. The third-order valence-corrected chi connectivity index (χ3v) is 5.14. The van der Waals surface area contributed by atoms with Crippen molar-refractivity contribution in [3.05, 3.63) is 64.3 Å². The molecule has 1 fully saturated rings. The number of nitrogens with zero attached hydrogens (tertiary/aromatic N) is 2. The summed E-state index contributed by atoms with van der Waals surface area (Å²) >= 11 is 0. The van der Waals surface area contributed by atoms with Crippen LogP contribution in [-0.2, 0) is 19.0 Å². The standard InChI is InChI=1S/C23H21F6N3O3/c1-4-32-20(30-2)17(31-21(32)33)9-13-5-8-18(19(10-13)34-3)35-12-14-6-7-15(22(24,25)26)11-16(14)23(27,28)29/h5-11H,4,12H2,1-3H3,(H,31,33)/b17-9-,30-20?. The van der Waals surface area contributed by atoms with Gasteiger partial charge in [-0.25, -0.2) is 4.79 Å². The Bertz CT molecular complexity index is 1170. The molecular formula is C23H21F6N3O3. The number of urea groups is 1. The lowest BCUT2D eigenvalue weighted by molar-refractivity contribution is -0.143. The number of hydrogen-bond acceptors (Lipinski definition) is 4. The predicted molar refractivity (Wildman–Crippen MR) is 116 cm³/mol. The summed E-state index contributed by atoms with van der Waals surface area (Å²) < 4.78 is 89.5. The molecule has 0 aromatic heterocycles. The lowest BCUT2D eigenvalue weighted by Gasteiger charge is -2.17. The van der Waals surface area contributed by atoms with Gasteiger partial charge in [-0.05, 0) is 42.8 Å². The van der Waals surface area contributed by atoms with E-state index in [4.69, 9.17) is 9.47 Å². The Kier molecular flexibility index (Phi) is 7.32. The lowest BCUT2D eigenvalue weighted by atomic mass is 10.0. The van der Waals surface area contributed by atoms with Crippen molar-refractivity contribution < 1.29 is 40.6 Å². The minimum absolute atomic E-state index is 0.0631. The van der Waals surface area contributed by atoms with Gasteiger partial charge in [0.25, 0.3) is 0 Å². The molecule has 1 heterocycles. The molecule has 1 saturated heterocycles. The van der Waals surface area contributed by atoms with Gasteiger partial charge in [0.15, 0.2) is 17.3 Å². The van der Waals surface area contributed by atoms with Crippen LogP contribution in [0.2, 0.25) is 0 Å². The highest BCUT2D eigenvalue weighted by molar-refractivity contribution is 6.16. The number of benzene rings is 2. The third kappa shape index (κ3) is 5.69. The number of rotatable bonds is 6. The molecule has 1 aliphatic rings. The van der Waals surface area contributed by atoms with Crippen LogP contribution in [-0.4, -0.2) is 37.5 Å². The van der Waals surface area contributed by atoms with Crippen molar-refractivity contribution in [2.45, 2.75) is 25.9 Å². The second-order valence-electron chi connectivity index (χ2n) is 7.35. The minimum Gasteiger partial charge on any atom is -0.493 e. The number of hydrogen-bond donors (Lipinski definition) is 1. The average Bonchev–Trinajstić information content (AvgIpc) is 3.10. The number of alkyl halides is 6. The van der Waals surface area contributed by atoms with Crippen LogP contribution in [0.3, 0.4) is 0 Å². The van der Waals surface area contributed by atoms with Crippen LogP contribution >= 0.6 is 0 Å². The van der Waals surface area contributed by atoms with Gasteiger partial charge in [-0.1, -0.05) is 12.1 Å². The zero-order valence-electron chi connectivity index (χ0n) is 18.8. The summed E-state index contributed by atoms with van der Waals surface area (Å²) in [7, 11) is 2.87. The van der Waals surface area contributed by atoms with Crippen molar-refractivity contribution in [3.63, 3.8) is 0 Å². The van der Waals surface area contributed by atoms with Crippen LogP contribution in [0.5, 0.6) is 11.5 Å². The summed E-state index contributed by atoms with van der Waals surface area (Å²) in [4.78, 5) is 17.6. The molecule has 0 atom stereocenters. The Hall–Kier alpha value is -3.70. The maximum atomic E-state index is 13.4. The number of methoxy groups -OCH3 is 1. The van der Waals surface area contributed by atoms with E-state index < -0.39 is 35.6 Å². The molecule has 1 N–H and O–H groups in total. The molecule has 35 heavy (non-hydrogen) atoms. The van der Waals surface area contributed by atoms with Gasteiger partial charge in [-0.15, -0.1) is 0 Å². The summed E-state index contributed by atoms with van der Waals surface area (Å²) in [6.07, 6.45) is -8.28. The second-order valence-corrected chi connectivity index (χ2v) is 7.35. The minimum atomic E-state index is -5.00. The molecule has 2 aromatic rings. The SMILES string of the molecule is CCN1C(=O)N/C(=C\c2ccc(OCc3ccc(C(F)(F)F)cc3C(F)(F)F)c(OC)c2)C1=NC. The predicted octanol–water partition coefficient (Wildman–Crippen LogP) is 5.73. The fourth-order valence-electron chi connectivity index (χ4n) is 3.47. The van der Waals surface area contributed by atoms with Crippen molar-refractivity contribution in [2.24, 2.45) is 4.99 Å². The van der Waals surface area contributed by atoms with E-state index in [0.717, 1.165) is 6.07 Å². The smallest absolute Gasteiger partial charge is 0.416 e. The number of nitrogens with one attached hydrogen (secondary N) is 1. The highest BCUT2D eigenvalue weighted by atomic mass is 19.4. The molecule has 188 valence electrons. The van der Waals surface area contributed by atoms with E-state index in [2.05, 4.69) is 10.3 Å². The quantitative estimate of drug-likeness (QED) is 0.515.